The number of halogens is 2. The SMILES string of the molecule is O=C(NCc1ccc(Cl)cc1)c1cccnc1Cl. The van der Waals surface area contributed by atoms with Crippen LogP contribution in [0.1, 0.15) is 15.9 Å². The minimum Gasteiger partial charge on any atom is -0.348 e. The molecule has 92 valence electrons. The lowest BCUT2D eigenvalue weighted by molar-refractivity contribution is 0.0950. The van der Waals surface area contributed by atoms with E-state index < -0.39 is 0 Å². The summed E-state index contributed by atoms with van der Waals surface area (Å²) in [5.74, 6) is -0.247. The van der Waals surface area contributed by atoms with Crippen molar-refractivity contribution in [2.24, 2.45) is 0 Å². The number of carbonyl (C=O) groups excluding carboxylic acids is 1. The first-order chi connectivity index (χ1) is 8.66. The molecule has 1 amide bonds. The van der Waals surface area contributed by atoms with Gasteiger partial charge in [0.2, 0.25) is 0 Å². The molecule has 5 heteroatoms. The molecule has 0 aliphatic carbocycles. The van der Waals surface area contributed by atoms with Crippen molar-refractivity contribution < 1.29 is 4.79 Å². The number of pyridine rings is 1. The summed E-state index contributed by atoms with van der Waals surface area (Å²) in [4.78, 5) is 15.7. The molecule has 1 aromatic heterocycles. The van der Waals surface area contributed by atoms with E-state index in [4.69, 9.17) is 23.2 Å². The van der Waals surface area contributed by atoms with Gasteiger partial charge in [-0.2, -0.15) is 0 Å². The smallest absolute Gasteiger partial charge is 0.254 e. The van der Waals surface area contributed by atoms with Gasteiger partial charge in [0.15, 0.2) is 0 Å². The first kappa shape index (κ1) is 12.9. The van der Waals surface area contributed by atoms with Crippen molar-refractivity contribution in [3.63, 3.8) is 0 Å². The Morgan fingerprint density at radius 3 is 2.56 bits per heavy atom. The molecule has 1 N–H and O–H groups in total. The number of amides is 1. The Morgan fingerprint density at radius 1 is 1.17 bits per heavy atom. The van der Waals surface area contributed by atoms with Gasteiger partial charge in [0.05, 0.1) is 5.56 Å². The van der Waals surface area contributed by atoms with Gasteiger partial charge >= 0.3 is 0 Å². The fraction of sp³-hybridized carbons (Fsp3) is 0.0769. The highest BCUT2D eigenvalue weighted by molar-refractivity contribution is 6.32. The van der Waals surface area contributed by atoms with E-state index in [0.29, 0.717) is 17.1 Å². The monoisotopic (exact) mass is 280 g/mol. The van der Waals surface area contributed by atoms with Crippen molar-refractivity contribution >= 4 is 29.1 Å². The molecule has 18 heavy (non-hydrogen) atoms. The summed E-state index contributed by atoms with van der Waals surface area (Å²) < 4.78 is 0. The predicted octanol–water partition coefficient (Wildman–Crippen LogP) is 3.32. The molecule has 0 bridgehead atoms. The average Bonchev–Trinajstić information content (AvgIpc) is 2.38. The molecule has 0 unspecified atom stereocenters. The van der Waals surface area contributed by atoms with Crippen molar-refractivity contribution in [2.75, 3.05) is 0 Å². The Labute approximate surface area is 115 Å². The zero-order chi connectivity index (χ0) is 13.0. The molecule has 3 nitrogen and oxygen atoms in total. The standard InChI is InChI=1S/C13H10Cl2N2O/c14-10-5-3-9(4-6-10)8-17-13(18)11-2-1-7-16-12(11)15/h1-7H,8H2,(H,17,18). The van der Waals surface area contributed by atoms with Crippen LogP contribution in [-0.4, -0.2) is 10.9 Å². The van der Waals surface area contributed by atoms with Crippen LogP contribution in [0.2, 0.25) is 10.2 Å². The highest BCUT2D eigenvalue weighted by Gasteiger charge is 2.09. The topological polar surface area (TPSA) is 42.0 Å². The third-order valence-corrected chi connectivity index (χ3v) is 2.92. The van der Waals surface area contributed by atoms with Crippen molar-refractivity contribution in [1.29, 1.82) is 0 Å². The van der Waals surface area contributed by atoms with Crippen molar-refractivity contribution in [3.8, 4) is 0 Å². The van der Waals surface area contributed by atoms with E-state index in [1.54, 1.807) is 24.3 Å². The summed E-state index contributed by atoms with van der Waals surface area (Å²) in [5, 5.41) is 3.64. The third-order valence-electron chi connectivity index (χ3n) is 2.37. The van der Waals surface area contributed by atoms with Crippen LogP contribution in [0.3, 0.4) is 0 Å². The summed E-state index contributed by atoms with van der Waals surface area (Å²) in [5.41, 5.74) is 1.33. The van der Waals surface area contributed by atoms with Gasteiger partial charge in [-0.25, -0.2) is 4.98 Å². The number of aromatic nitrogens is 1. The lowest BCUT2D eigenvalue weighted by atomic mass is 10.2. The van der Waals surface area contributed by atoms with Crippen LogP contribution in [-0.2, 0) is 6.54 Å². The van der Waals surface area contributed by atoms with Crippen LogP contribution < -0.4 is 5.32 Å². The van der Waals surface area contributed by atoms with E-state index in [-0.39, 0.29) is 11.1 Å². The van der Waals surface area contributed by atoms with E-state index in [1.807, 2.05) is 12.1 Å². The van der Waals surface area contributed by atoms with E-state index in [9.17, 15) is 4.79 Å². The number of rotatable bonds is 3. The number of carbonyl (C=O) groups is 1. The van der Waals surface area contributed by atoms with E-state index in [1.165, 1.54) is 6.20 Å². The second-order valence-electron chi connectivity index (χ2n) is 3.65. The van der Waals surface area contributed by atoms with Crippen molar-refractivity contribution in [1.82, 2.24) is 10.3 Å². The van der Waals surface area contributed by atoms with Crippen molar-refractivity contribution in [3.05, 3.63) is 63.9 Å². The average molecular weight is 281 g/mol. The fourth-order valence-corrected chi connectivity index (χ4v) is 1.77. The molecule has 1 aromatic carbocycles. The molecule has 1 heterocycles. The quantitative estimate of drug-likeness (QED) is 0.877. The Morgan fingerprint density at radius 2 is 1.89 bits per heavy atom. The third kappa shape index (κ3) is 3.22. The van der Waals surface area contributed by atoms with Gasteiger partial charge in [-0.3, -0.25) is 4.79 Å². The summed E-state index contributed by atoms with van der Waals surface area (Å²) >= 11 is 11.6. The van der Waals surface area contributed by atoms with Crippen LogP contribution in [0.4, 0.5) is 0 Å². The molecule has 0 aliphatic rings. The van der Waals surface area contributed by atoms with E-state index in [0.717, 1.165) is 5.56 Å². The molecule has 0 atom stereocenters. The molecule has 0 fully saturated rings. The van der Waals surface area contributed by atoms with E-state index in [2.05, 4.69) is 10.3 Å². The normalized spacial score (nSPS) is 10.1. The van der Waals surface area contributed by atoms with Gasteiger partial charge in [0, 0.05) is 17.8 Å². The molecule has 0 saturated heterocycles. The zero-order valence-electron chi connectivity index (χ0n) is 9.36. The summed E-state index contributed by atoms with van der Waals surface area (Å²) in [6, 6.07) is 10.6. The fourth-order valence-electron chi connectivity index (χ4n) is 1.44. The van der Waals surface area contributed by atoms with Gasteiger partial charge < -0.3 is 5.32 Å². The zero-order valence-corrected chi connectivity index (χ0v) is 10.9. The minimum absolute atomic E-state index is 0.200. The lowest BCUT2D eigenvalue weighted by Crippen LogP contribution is -2.23. The minimum atomic E-state index is -0.247. The van der Waals surface area contributed by atoms with E-state index >= 15 is 0 Å². The largest absolute Gasteiger partial charge is 0.348 e. The molecule has 0 spiro atoms. The van der Waals surface area contributed by atoms with Gasteiger partial charge in [-0.15, -0.1) is 0 Å². The molecule has 2 rings (SSSR count). The molecule has 2 aromatic rings. The summed E-state index contributed by atoms with van der Waals surface area (Å²) in [6.45, 7) is 0.418. The Bertz CT molecular complexity index is 555. The molecule has 0 aliphatic heterocycles. The number of hydrogen-bond donors (Lipinski definition) is 1. The maximum atomic E-state index is 11.8. The maximum Gasteiger partial charge on any atom is 0.254 e. The molecular weight excluding hydrogens is 271 g/mol. The highest BCUT2D eigenvalue weighted by Crippen LogP contribution is 2.12. The van der Waals surface area contributed by atoms with Gasteiger partial charge in [-0.05, 0) is 29.8 Å². The maximum absolute atomic E-state index is 11.8. The first-order valence-corrected chi connectivity index (χ1v) is 6.05. The summed E-state index contributed by atoms with van der Waals surface area (Å²) in [7, 11) is 0. The second-order valence-corrected chi connectivity index (χ2v) is 4.45. The number of benzene rings is 1. The van der Waals surface area contributed by atoms with Crippen LogP contribution in [0.25, 0.3) is 0 Å². The second kappa shape index (κ2) is 5.85. The Balaban J connectivity index is 2.01. The molecular formula is C13H10Cl2N2O. The van der Waals surface area contributed by atoms with Crippen LogP contribution in [0.15, 0.2) is 42.6 Å². The van der Waals surface area contributed by atoms with Gasteiger partial charge in [-0.1, -0.05) is 35.3 Å². The van der Waals surface area contributed by atoms with Crippen LogP contribution in [0.5, 0.6) is 0 Å². The molecule has 0 radical (unpaired) electrons. The molecule has 0 saturated carbocycles. The van der Waals surface area contributed by atoms with Crippen LogP contribution >= 0.6 is 23.2 Å². The summed E-state index contributed by atoms with van der Waals surface area (Å²) in [6.07, 6.45) is 1.54. The Kier molecular flexibility index (Phi) is 4.18. The van der Waals surface area contributed by atoms with Gasteiger partial charge in [0.25, 0.3) is 5.91 Å². The number of nitrogens with one attached hydrogen (secondary N) is 1. The van der Waals surface area contributed by atoms with Gasteiger partial charge in [0.1, 0.15) is 5.15 Å². The first-order valence-electron chi connectivity index (χ1n) is 5.30. The van der Waals surface area contributed by atoms with Crippen LogP contribution in [0, 0.1) is 0 Å². The number of hydrogen-bond acceptors (Lipinski definition) is 2. The lowest BCUT2D eigenvalue weighted by Gasteiger charge is -2.06. The number of nitrogens with zero attached hydrogens (tertiary/aromatic N) is 1. The highest BCUT2D eigenvalue weighted by atomic mass is 35.5. The van der Waals surface area contributed by atoms with Crippen molar-refractivity contribution in [2.45, 2.75) is 6.54 Å². The Hall–Kier alpha value is -1.58. The predicted molar refractivity (Wildman–Crippen MR) is 71.9 cm³/mol.